The Balaban J connectivity index is 1.50. The minimum absolute atomic E-state index is 0.0396. The Morgan fingerprint density at radius 1 is 1.03 bits per heavy atom. The lowest BCUT2D eigenvalue weighted by Gasteiger charge is -2.34. The molecule has 0 aliphatic carbocycles. The maximum atomic E-state index is 13.0. The second kappa shape index (κ2) is 8.26. The summed E-state index contributed by atoms with van der Waals surface area (Å²) in [5, 5.41) is 0.781. The summed E-state index contributed by atoms with van der Waals surface area (Å²) in [6.45, 7) is 1.82. The molecule has 1 fully saturated rings. The van der Waals surface area contributed by atoms with Crippen molar-refractivity contribution < 1.29 is 27.4 Å². The lowest BCUT2D eigenvalue weighted by Crippen LogP contribution is -2.48. The highest BCUT2D eigenvalue weighted by atomic mass is 32.1. The van der Waals surface area contributed by atoms with Crippen LogP contribution in [0.5, 0.6) is 11.5 Å². The Labute approximate surface area is 180 Å². The third kappa shape index (κ3) is 4.12. The fourth-order valence-corrected chi connectivity index (χ4v) is 4.65. The van der Waals surface area contributed by atoms with Crippen molar-refractivity contribution in [3.05, 3.63) is 47.5 Å². The van der Waals surface area contributed by atoms with Gasteiger partial charge < -0.3 is 19.3 Å². The van der Waals surface area contributed by atoms with Gasteiger partial charge in [-0.15, -0.1) is 0 Å². The van der Waals surface area contributed by atoms with Crippen molar-refractivity contribution in [3.63, 3.8) is 0 Å². The number of carbonyl (C=O) groups excluding carboxylic acids is 1. The number of halogens is 3. The van der Waals surface area contributed by atoms with Gasteiger partial charge in [-0.1, -0.05) is 17.4 Å². The molecule has 1 saturated heterocycles. The number of piperazine rings is 1. The number of methoxy groups -OCH3 is 2. The van der Waals surface area contributed by atoms with E-state index in [2.05, 4.69) is 4.90 Å². The van der Waals surface area contributed by atoms with E-state index in [0.717, 1.165) is 22.0 Å². The molecule has 2 heterocycles. The number of aromatic nitrogens is 1. The average molecular weight is 451 g/mol. The highest BCUT2D eigenvalue weighted by Crippen LogP contribution is 2.40. The van der Waals surface area contributed by atoms with E-state index in [4.69, 9.17) is 14.5 Å². The van der Waals surface area contributed by atoms with Crippen molar-refractivity contribution >= 4 is 32.6 Å². The zero-order chi connectivity index (χ0) is 22.2. The Morgan fingerprint density at radius 2 is 1.71 bits per heavy atom. The summed E-state index contributed by atoms with van der Waals surface area (Å²) in [5.74, 6) is 0.952. The Bertz CT molecular complexity index is 1070. The molecule has 0 saturated carbocycles. The molecule has 0 atom stereocenters. The van der Waals surface area contributed by atoms with Crippen LogP contribution < -0.4 is 14.4 Å². The van der Waals surface area contributed by atoms with Gasteiger partial charge in [-0.3, -0.25) is 4.79 Å². The van der Waals surface area contributed by atoms with Gasteiger partial charge in [0.2, 0.25) is 0 Å². The molecular formula is C21H20F3N3O3S. The minimum Gasteiger partial charge on any atom is -0.495 e. The van der Waals surface area contributed by atoms with E-state index in [1.165, 1.54) is 23.5 Å². The molecule has 6 nitrogen and oxygen atoms in total. The maximum absolute atomic E-state index is 13.0. The summed E-state index contributed by atoms with van der Waals surface area (Å²) in [5.41, 5.74) is -0.0728. The summed E-state index contributed by atoms with van der Waals surface area (Å²) in [6.07, 6.45) is -4.48. The van der Waals surface area contributed by atoms with Gasteiger partial charge in [0.1, 0.15) is 21.7 Å². The summed E-state index contributed by atoms with van der Waals surface area (Å²) in [6, 6.07) is 8.17. The molecule has 0 spiro atoms. The Hall–Kier alpha value is -3.01. The molecule has 31 heavy (non-hydrogen) atoms. The molecule has 2 aromatic carbocycles. The van der Waals surface area contributed by atoms with Crippen LogP contribution in [-0.2, 0) is 6.18 Å². The van der Waals surface area contributed by atoms with Crippen molar-refractivity contribution in [3.8, 4) is 11.5 Å². The number of amides is 1. The van der Waals surface area contributed by atoms with Crippen LogP contribution in [-0.4, -0.2) is 56.2 Å². The van der Waals surface area contributed by atoms with Crippen molar-refractivity contribution in [2.45, 2.75) is 6.18 Å². The molecule has 0 radical (unpaired) electrons. The predicted octanol–water partition coefficient (Wildman–Crippen LogP) is 4.29. The second-order valence-corrected chi connectivity index (χ2v) is 7.98. The zero-order valence-electron chi connectivity index (χ0n) is 16.9. The molecule has 1 aromatic heterocycles. The first-order valence-electron chi connectivity index (χ1n) is 9.55. The molecule has 0 unspecified atom stereocenters. The number of anilines is 1. The van der Waals surface area contributed by atoms with Crippen LogP contribution in [0.3, 0.4) is 0 Å². The van der Waals surface area contributed by atoms with Gasteiger partial charge in [0.25, 0.3) is 5.91 Å². The molecular weight excluding hydrogens is 431 g/mol. The molecule has 1 aliphatic heterocycles. The van der Waals surface area contributed by atoms with Crippen LogP contribution in [0.15, 0.2) is 36.4 Å². The molecule has 1 amide bonds. The second-order valence-electron chi connectivity index (χ2n) is 7.00. The smallest absolute Gasteiger partial charge is 0.416 e. The van der Waals surface area contributed by atoms with Crippen LogP contribution in [0.4, 0.5) is 18.3 Å². The number of carbonyl (C=O) groups is 1. The monoisotopic (exact) mass is 451 g/mol. The summed E-state index contributed by atoms with van der Waals surface area (Å²) in [7, 11) is 3.18. The van der Waals surface area contributed by atoms with E-state index in [1.54, 1.807) is 25.2 Å². The van der Waals surface area contributed by atoms with Crippen LogP contribution in [0.1, 0.15) is 15.9 Å². The van der Waals surface area contributed by atoms with Crippen LogP contribution in [0.25, 0.3) is 10.2 Å². The van der Waals surface area contributed by atoms with Crippen LogP contribution >= 0.6 is 11.3 Å². The largest absolute Gasteiger partial charge is 0.495 e. The normalized spacial score (nSPS) is 14.7. The lowest BCUT2D eigenvalue weighted by atomic mass is 10.1. The van der Waals surface area contributed by atoms with E-state index in [1.807, 2.05) is 6.07 Å². The lowest BCUT2D eigenvalue weighted by molar-refractivity contribution is -0.137. The van der Waals surface area contributed by atoms with E-state index in [9.17, 15) is 18.0 Å². The van der Waals surface area contributed by atoms with Gasteiger partial charge in [-0.05, 0) is 30.3 Å². The summed E-state index contributed by atoms with van der Waals surface area (Å²) < 4.78 is 50.6. The Morgan fingerprint density at radius 3 is 2.35 bits per heavy atom. The zero-order valence-corrected chi connectivity index (χ0v) is 17.7. The van der Waals surface area contributed by atoms with Gasteiger partial charge in [0.05, 0.1) is 19.8 Å². The van der Waals surface area contributed by atoms with Crippen molar-refractivity contribution in [1.29, 1.82) is 0 Å². The number of benzene rings is 2. The fourth-order valence-electron chi connectivity index (χ4n) is 3.52. The van der Waals surface area contributed by atoms with Crippen molar-refractivity contribution in [2.75, 3.05) is 45.3 Å². The quantitative estimate of drug-likeness (QED) is 0.592. The fraction of sp³-hybridized carbons (Fsp3) is 0.333. The van der Waals surface area contributed by atoms with Gasteiger partial charge in [-0.25, -0.2) is 4.98 Å². The number of ether oxygens (including phenoxy) is 2. The highest BCUT2D eigenvalue weighted by molar-refractivity contribution is 7.22. The first-order chi connectivity index (χ1) is 14.8. The summed E-state index contributed by atoms with van der Waals surface area (Å²) >= 11 is 1.48. The van der Waals surface area contributed by atoms with Gasteiger partial charge in [-0.2, -0.15) is 13.2 Å². The van der Waals surface area contributed by atoms with Crippen molar-refractivity contribution in [1.82, 2.24) is 9.88 Å². The van der Waals surface area contributed by atoms with Crippen LogP contribution in [0.2, 0.25) is 0 Å². The third-order valence-electron chi connectivity index (χ3n) is 5.17. The summed E-state index contributed by atoms with van der Waals surface area (Å²) in [4.78, 5) is 21.0. The molecule has 0 bridgehead atoms. The molecule has 10 heteroatoms. The highest BCUT2D eigenvalue weighted by Gasteiger charge is 2.32. The number of rotatable bonds is 4. The molecule has 1 aliphatic rings. The molecule has 4 rings (SSSR count). The third-order valence-corrected chi connectivity index (χ3v) is 6.30. The van der Waals surface area contributed by atoms with E-state index in [-0.39, 0.29) is 5.56 Å². The average Bonchev–Trinajstić information content (AvgIpc) is 3.23. The predicted molar refractivity (Wildman–Crippen MR) is 112 cm³/mol. The number of alkyl halides is 3. The van der Waals surface area contributed by atoms with E-state index in [0.29, 0.717) is 43.2 Å². The van der Waals surface area contributed by atoms with Gasteiger partial charge >= 0.3 is 6.18 Å². The van der Waals surface area contributed by atoms with Crippen LogP contribution in [0, 0.1) is 0 Å². The number of thiazole rings is 1. The number of nitrogens with zero attached hydrogens (tertiary/aromatic N) is 3. The topological polar surface area (TPSA) is 54.9 Å². The van der Waals surface area contributed by atoms with Crippen molar-refractivity contribution in [2.24, 2.45) is 0 Å². The van der Waals surface area contributed by atoms with E-state index >= 15 is 0 Å². The maximum Gasteiger partial charge on any atom is 0.416 e. The van der Waals surface area contributed by atoms with E-state index < -0.39 is 17.6 Å². The van der Waals surface area contributed by atoms with Gasteiger partial charge in [0.15, 0.2) is 5.13 Å². The standard InChI is InChI=1S/C21H20F3N3O3S/c1-29-15-6-7-16(30-2)18-17(15)25-20(31-18)27-10-8-26(9-11-27)19(28)13-4-3-5-14(12-13)21(22,23)24/h3-7,12H,8-11H2,1-2H3. The Kier molecular flexibility index (Phi) is 5.65. The number of hydrogen-bond acceptors (Lipinski definition) is 6. The number of hydrogen-bond donors (Lipinski definition) is 0. The molecule has 3 aromatic rings. The molecule has 0 N–H and O–H groups in total. The molecule has 164 valence electrons. The number of fused-ring (bicyclic) bond motifs is 1. The SMILES string of the molecule is COc1ccc(OC)c2sc(N3CCN(C(=O)c4cccc(C(F)(F)F)c4)CC3)nc12. The van der Waals surface area contributed by atoms with Gasteiger partial charge in [0, 0.05) is 31.7 Å². The first-order valence-corrected chi connectivity index (χ1v) is 10.4. The first kappa shape index (κ1) is 21.2. The minimum atomic E-state index is -4.48.